The molecule has 0 fully saturated rings. The van der Waals surface area contributed by atoms with E-state index in [4.69, 9.17) is 17.3 Å². The first-order valence-electron chi connectivity index (χ1n) is 5.97. The van der Waals surface area contributed by atoms with Crippen molar-refractivity contribution in [2.45, 2.75) is 18.9 Å². The lowest BCUT2D eigenvalue weighted by Crippen LogP contribution is -2.20. The molecule has 0 unspecified atom stereocenters. The molecule has 1 aromatic carbocycles. The zero-order chi connectivity index (χ0) is 12.5. The quantitative estimate of drug-likeness (QED) is 0.872. The van der Waals surface area contributed by atoms with Crippen molar-refractivity contribution in [3.8, 4) is 0 Å². The number of nitrogens with zero attached hydrogens (tertiary/aromatic N) is 1. The number of pyridine rings is 1. The predicted octanol–water partition coefficient (Wildman–Crippen LogP) is 2.90. The molecule has 0 spiro atoms. The molecule has 1 aliphatic carbocycles. The van der Waals surface area contributed by atoms with Gasteiger partial charge >= 0.3 is 0 Å². The third-order valence-electron chi connectivity index (χ3n) is 3.25. The molecule has 18 heavy (non-hydrogen) atoms. The molecule has 3 rings (SSSR count). The Kier molecular flexibility index (Phi) is 2.84. The van der Waals surface area contributed by atoms with Crippen LogP contribution in [0.3, 0.4) is 0 Å². The number of aromatic nitrogens is 1. The fraction of sp³-hybridized carbons (Fsp3) is 0.214. The number of halogens is 1. The third kappa shape index (κ3) is 2.14. The molecule has 0 aliphatic heterocycles. The fourth-order valence-corrected chi connectivity index (χ4v) is 2.64. The number of nitrogen functional groups attached to an aromatic ring is 1. The molecule has 0 radical (unpaired) electrons. The van der Waals surface area contributed by atoms with Crippen LogP contribution in [-0.4, -0.2) is 11.0 Å². The molecule has 1 aromatic heterocycles. The highest BCUT2D eigenvalue weighted by atomic mass is 35.5. The SMILES string of the molecule is Nc1cnc(NC2Cc3ccccc3C2)c(Cl)c1. The van der Waals surface area contributed by atoms with Gasteiger partial charge in [0.05, 0.1) is 16.9 Å². The lowest BCUT2D eigenvalue weighted by Gasteiger charge is -2.14. The van der Waals surface area contributed by atoms with Crippen LogP contribution >= 0.6 is 11.6 Å². The molecule has 0 bridgehead atoms. The van der Waals surface area contributed by atoms with Crippen molar-refractivity contribution in [3.05, 3.63) is 52.7 Å². The number of hydrogen-bond donors (Lipinski definition) is 2. The summed E-state index contributed by atoms with van der Waals surface area (Å²) in [5.41, 5.74) is 9.02. The second-order valence-corrected chi connectivity index (χ2v) is 5.02. The first kappa shape index (κ1) is 11.4. The van der Waals surface area contributed by atoms with Gasteiger partial charge in [-0.05, 0) is 30.0 Å². The third-order valence-corrected chi connectivity index (χ3v) is 3.54. The molecule has 2 aromatic rings. The van der Waals surface area contributed by atoms with Gasteiger partial charge in [0.15, 0.2) is 0 Å². The minimum Gasteiger partial charge on any atom is -0.397 e. The maximum Gasteiger partial charge on any atom is 0.145 e. The maximum atomic E-state index is 6.11. The molecular formula is C14H14ClN3. The van der Waals surface area contributed by atoms with E-state index in [0.29, 0.717) is 22.6 Å². The van der Waals surface area contributed by atoms with Gasteiger partial charge < -0.3 is 11.1 Å². The van der Waals surface area contributed by atoms with Crippen LogP contribution in [0.1, 0.15) is 11.1 Å². The Labute approximate surface area is 111 Å². The van der Waals surface area contributed by atoms with Crippen molar-refractivity contribution in [1.29, 1.82) is 0 Å². The van der Waals surface area contributed by atoms with E-state index in [1.54, 1.807) is 12.3 Å². The molecule has 1 aliphatic rings. The number of benzene rings is 1. The van der Waals surface area contributed by atoms with Gasteiger partial charge in [0.25, 0.3) is 0 Å². The molecule has 0 amide bonds. The van der Waals surface area contributed by atoms with Gasteiger partial charge in [-0.2, -0.15) is 0 Å². The van der Waals surface area contributed by atoms with Crippen molar-refractivity contribution in [1.82, 2.24) is 4.98 Å². The Morgan fingerprint density at radius 2 is 1.89 bits per heavy atom. The summed E-state index contributed by atoms with van der Waals surface area (Å²) in [4.78, 5) is 4.24. The average Bonchev–Trinajstić information content (AvgIpc) is 2.75. The van der Waals surface area contributed by atoms with E-state index in [1.807, 2.05) is 0 Å². The van der Waals surface area contributed by atoms with E-state index in [9.17, 15) is 0 Å². The monoisotopic (exact) mass is 259 g/mol. The molecule has 0 saturated carbocycles. The van der Waals surface area contributed by atoms with Gasteiger partial charge in [-0.25, -0.2) is 4.98 Å². The van der Waals surface area contributed by atoms with Crippen LogP contribution in [0.15, 0.2) is 36.5 Å². The van der Waals surface area contributed by atoms with E-state index in [2.05, 4.69) is 34.6 Å². The smallest absolute Gasteiger partial charge is 0.145 e. The summed E-state index contributed by atoms with van der Waals surface area (Å²) in [5.74, 6) is 0.712. The lowest BCUT2D eigenvalue weighted by atomic mass is 10.1. The molecule has 0 saturated heterocycles. The van der Waals surface area contributed by atoms with E-state index in [1.165, 1.54) is 11.1 Å². The minimum atomic E-state index is 0.357. The Morgan fingerprint density at radius 1 is 1.22 bits per heavy atom. The number of nitrogens with two attached hydrogens (primary N) is 1. The van der Waals surface area contributed by atoms with Gasteiger partial charge in [0.2, 0.25) is 0 Å². The molecule has 92 valence electrons. The van der Waals surface area contributed by atoms with Crippen LogP contribution in [0.5, 0.6) is 0 Å². The summed E-state index contributed by atoms with van der Waals surface area (Å²) in [6, 6.07) is 10.6. The Morgan fingerprint density at radius 3 is 2.50 bits per heavy atom. The van der Waals surface area contributed by atoms with Crippen LogP contribution in [0, 0.1) is 0 Å². The first-order valence-corrected chi connectivity index (χ1v) is 6.34. The summed E-state index contributed by atoms with van der Waals surface area (Å²) < 4.78 is 0. The highest BCUT2D eigenvalue weighted by Gasteiger charge is 2.21. The van der Waals surface area contributed by atoms with Crippen LogP contribution in [0.2, 0.25) is 5.02 Å². The normalized spacial score (nSPS) is 14.5. The summed E-state index contributed by atoms with van der Waals surface area (Å²) in [6.45, 7) is 0. The largest absolute Gasteiger partial charge is 0.397 e. The Balaban J connectivity index is 1.76. The standard InChI is InChI=1S/C14H14ClN3/c15-13-7-11(16)8-17-14(13)18-12-5-9-3-1-2-4-10(9)6-12/h1-4,7-8,12H,5-6,16H2,(H,17,18). The van der Waals surface area contributed by atoms with Gasteiger partial charge in [-0.3, -0.25) is 0 Å². The zero-order valence-corrected chi connectivity index (χ0v) is 10.6. The number of hydrogen-bond acceptors (Lipinski definition) is 3. The average molecular weight is 260 g/mol. The van der Waals surface area contributed by atoms with Gasteiger partial charge in [0.1, 0.15) is 5.82 Å². The number of fused-ring (bicyclic) bond motifs is 1. The molecule has 3 nitrogen and oxygen atoms in total. The second-order valence-electron chi connectivity index (χ2n) is 4.62. The Hall–Kier alpha value is -1.74. The minimum absolute atomic E-state index is 0.357. The number of rotatable bonds is 2. The van der Waals surface area contributed by atoms with Crippen molar-refractivity contribution >= 4 is 23.1 Å². The predicted molar refractivity (Wildman–Crippen MR) is 74.9 cm³/mol. The number of anilines is 2. The summed E-state index contributed by atoms with van der Waals surface area (Å²) in [7, 11) is 0. The van der Waals surface area contributed by atoms with E-state index in [0.717, 1.165) is 12.8 Å². The van der Waals surface area contributed by atoms with E-state index in [-0.39, 0.29) is 0 Å². The maximum absolute atomic E-state index is 6.11. The van der Waals surface area contributed by atoms with E-state index < -0.39 is 0 Å². The lowest BCUT2D eigenvalue weighted by molar-refractivity contribution is 0.769. The summed E-state index contributed by atoms with van der Waals surface area (Å²) in [5, 5.41) is 3.96. The number of nitrogens with one attached hydrogen (secondary N) is 1. The van der Waals surface area contributed by atoms with Gasteiger partial charge in [-0.15, -0.1) is 0 Å². The fourth-order valence-electron chi connectivity index (χ4n) is 2.41. The van der Waals surface area contributed by atoms with Crippen LogP contribution in [0.25, 0.3) is 0 Å². The van der Waals surface area contributed by atoms with Crippen molar-refractivity contribution in [2.75, 3.05) is 11.1 Å². The molecule has 0 atom stereocenters. The second kappa shape index (κ2) is 4.50. The molecule has 1 heterocycles. The zero-order valence-electron chi connectivity index (χ0n) is 9.86. The summed E-state index contributed by atoms with van der Waals surface area (Å²) >= 11 is 6.11. The topological polar surface area (TPSA) is 50.9 Å². The van der Waals surface area contributed by atoms with Crippen LogP contribution in [0.4, 0.5) is 11.5 Å². The van der Waals surface area contributed by atoms with Crippen LogP contribution in [-0.2, 0) is 12.8 Å². The Bertz CT molecular complexity index is 558. The highest BCUT2D eigenvalue weighted by Crippen LogP contribution is 2.27. The van der Waals surface area contributed by atoms with Gasteiger partial charge in [-0.1, -0.05) is 35.9 Å². The van der Waals surface area contributed by atoms with Crippen molar-refractivity contribution in [2.24, 2.45) is 0 Å². The van der Waals surface area contributed by atoms with E-state index >= 15 is 0 Å². The van der Waals surface area contributed by atoms with Crippen molar-refractivity contribution < 1.29 is 0 Å². The van der Waals surface area contributed by atoms with Crippen molar-refractivity contribution in [3.63, 3.8) is 0 Å². The molecule has 3 N–H and O–H groups in total. The first-order chi connectivity index (χ1) is 8.72. The summed E-state index contributed by atoms with van der Waals surface area (Å²) in [6.07, 6.45) is 3.65. The van der Waals surface area contributed by atoms with Crippen LogP contribution < -0.4 is 11.1 Å². The molecular weight excluding hydrogens is 246 g/mol. The highest BCUT2D eigenvalue weighted by molar-refractivity contribution is 6.33. The molecule has 4 heteroatoms. The van der Waals surface area contributed by atoms with Gasteiger partial charge in [0, 0.05) is 6.04 Å².